The minimum atomic E-state index is 0.255. The summed E-state index contributed by atoms with van der Waals surface area (Å²) in [6.45, 7) is 15.0. The van der Waals surface area contributed by atoms with Gasteiger partial charge in [0.25, 0.3) is 0 Å². The number of likely N-dealkylation sites (N-methyl/N-ethyl adjacent to an activating group) is 1. The second-order valence-electron chi connectivity index (χ2n) is 4.09. The van der Waals surface area contributed by atoms with E-state index in [4.69, 9.17) is 0 Å². The number of carbonyl (C=O) groups is 1. The summed E-state index contributed by atoms with van der Waals surface area (Å²) in [5, 5.41) is 3.33. The van der Waals surface area contributed by atoms with Gasteiger partial charge in [-0.05, 0) is 26.9 Å². The fourth-order valence-corrected chi connectivity index (χ4v) is 1.83. The van der Waals surface area contributed by atoms with Crippen LogP contribution in [0.25, 0.3) is 0 Å². The normalized spacial score (nSPS) is 10.9. The zero-order valence-corrected chi connectivity index (χ0v) is 12.0. The van der Waals surface area contributed by atoms with Crippen LogP contribution in [0.3, 0.4) is 0 Å². The molecule has 0 aliphatic heterocycles. The Morgan fingerprint density at radius 3 is 2.00 bits per heavy atom. The third-order valence-corrected chi connectivity index (χ3v) is 3.13. The summed E-state index contributed by atoms with van der Waals surface area (Å²) >= 11 is 0. The molecule has 0 saturated carbocycles. The summed E-state index contributed by atoms with van der Waals surface area (Å²) in [4.78, 5) is 15.9. The number of carbonyl (C=O) groups excluding carboxylic acids is 1. The first kappa shape index (κ1) is 16.4. The Balaban J connectivity index is 3.54. The molecule has 0 atom stereocenters. The summed E-state index contributed by atoms with van der Waals surface area (Å²) in [7, 11) is 0. The Kier molecular flexibility index (Phi) is 10.2. The maximum absolute atomic E-state index is 11.7. The average Bonchev–Trinajstić information content (AvgIpc) is 2.35. The second kappa shape index (κ2) is 10.5. The van der Waals surface area contributed by atoms with Crippen LogP contribution in [-0.4, -0.2) is 61.5 Å². The lowest BCUT2D eigenvalue weighted by atomic mass is 10.3. The molecule has 0 fully saturated rings. The van der Waals surface area contributed by atoms with Crippen molar-refractivity contribution in [2.75, 3.05) is 45.8 Å². The predicted molar refractivity (Wildman–Crippen MR) is 73.2 cm³/mol. The lowest BCUT2D eigenvalue weighted by Crippen LogP contribution is -2.35. The van der Waals surface area contributed by atoms with E-state index in [1.807, 2.05) is 18.7 Å². The maximum Gasteiger partial charge on any atom is 0.223 e. The van der Waals surface area contributed by atoms with Crippen molar-refractivity contribution in [3.63, 3.8) is 0 Å². The molecule has 0 radical (unpaired) electrons. The molecule has 0 spiro atoms. The van der Waals surface area contributed by atoms with E-state index in [1.54, 1.807) is 0 Å². The summed E-state index contributed by atoms with van der Waals surface area (Å²) in [5.74, 6) is 0.255. The van der Waals surface area contributed by atoms with Crippen LogP contribution in [0.4, 0.5) is 0 Å². The molecule has 0 heterocycles. The van der Waals surface area contributed by atoms with E-state index in [9.17, 15) is 4.79 Å². The SMILES string of the molecule is CCN(CC)CCNCCC(=O)N(CC)CC. The van der Waals surface area contributed by atoms with Crippen molar-refractivity contribution in [2.24, 2.45) is 0 Å². The Morgan fingerprint density at radius 2 is 1.53 bits per heavy atom. The lowest BCUT2D eigenvalue weighted by Gasteiger charge is -2.20. The van der Waals surface area contributed by atoms with E-state index in [0.29, 0.717) is 6.42 Å². The standard InChI is InChI=1S/C13H29N3O/c1-5-15(6-2)12-11-14-10-9-13(17)16(7-3)8-4/h14H,5-12H2,1-4H3. The van der Waals surface area contributed by atoms with Gasteiger partial charge in [0.1, 0.15) is 0 Å². The quantitative estimate of drug-likeness (QED) is 0.585. The molecule has 0 bridgehead atoms. The molecule has 4 heteroatoms. The van der Waals surface area contributed by atoms with Crippen LogP contribution in [0.15, 0.2) is 0 Å². The van der Waals surface area contributed by atoms with Crippen LogP contribution in [0, 0.1) is 0 Å². The van der Waals surface area contributed by atoms with E-state index in [-0.39, 0.29) is 5.91 Å². The lowest BCUT2D eigenvalue weighted by molar-refractivity contribution is -0.130. The highest BCUT2D eigenvalue weighted by molar-refractivity contribution is 5.76. The van der Waals surface area contributed by atoms with Gasteiger partial charge in [-0.25, -0.2) is 0 Å². The highest BCUT2D eigenvalue weighted by atomic mass is 16.2. The zero-order valence-electron chi connectivity index (χ0n) is 12.0. The topological polar surface area (TPSA) is 35.6 Å². The van der Waals surface area contributed by atoms with E-state index in [0.717, 1.165) is 45.8 Å². The third-order valence-electron chi connectivity index (χ3n) is 3.13. The van der Waals surface area contributed by atoms with Crippen LogP contribution in [-0.2, 0) is 4.79 Å². The number of nitrogens with zero attached hydrogens (tertiary/aromatic N) is 2. The summed E-state index contributed by atoms with van der Waals surface area (Å²) in [6, 6.07) is 0. The van der Waals surface area contributed by atoms with Crippen molar-refractivity contribution in [2.45, 2.75) is 34.1 Å². The van der Waals surface area contributed by atoms with Crippen molar-refractivity contribution in [1.29, 1.82) is 0 Å². The zero-order chi connectivity index (χ0) is 13.1. The van der Waals surface area contributed by atoms with Gasteiger partial charge in [-0.15, -0.1) is 0 Å². The highest BCUT2D eigenvalue weighted by Crippen LogP contribution is 1.92. The molecule has 0 aliphatic carbocycles. The smallest absolute Gasteiger partial charge is 0.223 e. The van der Waals surface area contributed by atoms with Gasteiger partial charge in [0.15, 0.2) is 0 Å². The first-order chi connectivity index (χ1) is 8.19. The third kappa shape index (κ3) is 7.34. The van der Waals surface area contributed by atoms with E-state index < -0.39 is 0 Å². The number of amides is 1. The largest absolute Gasteiger partial charge is 0.343 e. The molecule has 17 heavy (non-hydrogen) atoms. The van der Waals surface area contributed by atoms with Gasteiger partial charge >= 0.3 is 0 Å². The molecule has 0 aliphatic rings. The minimum absolute atomic E-state index is 0.255. The van der Waals surface area contributed by atoms with E-state index in [1.165, 1.54) is 0 Å². The summed E-state index contributed by atoms with van der Waals surface area (Å²) in [5.41, 5.74) is 0. The molecular formula is C13H29N3O. The molecule has 0 rings (SSSR count). The minimum Gasteiger partial charge on any atom is -0.343 e. The average molecular weight is 243 g/mol. The van der Waals surface area contributed by atoms with Crippen LogP contribution in [0.5, 0.6) is 0 Å². The van der Waals surface area contributed by atoms with Crippen molar-refractivity contribution >= 4 is 5.91 Å². The first-order valence-electron chi connectivity index (χ1n) is 6.90. The number of hydrogen-bond donors (Lipinski definition) is 1. The van der Waals surface area contributed by atoms with Gasteiger partial charge in [-0.2, -0.15) is 0 Å². The first-order valence-corrected chi connectivity index (χ1v) is 6.90. The fourth-order valence-electron chi connectivity index (χ4n) is 1.83. The molecule has 0 aromatic rings. The predicted octanol–water partition coefficient (Wildman–Crippen LogP) is 1.18. The van der Waals surface area contributed by atoms with Crippen molar-refractivity contribution in [3.8, 4) is 0 Å². The van der Waals surface area contributed by atoms with E-state index in [2.05, 4.69) is 24.1 Å². The van der Waals surface area contributed by atoms with Gasteiger partial charge in [-0.1, -0.05) is 13.8 Å². The number of nitrogens with one attached hydrogen (secondary N) is 1. The molecular weight excluding hydrogens is 214 g/mol. The van der Waals surface area contributed by atoms with Crippen LogP contribution in [0.1, 0.15) is 34.1 Å². The Bertz CT molecular complexity index is 189. The van der Waals surface area contributed by atoms with Crippen molar-refractivity contribution in [3.05, 3.63) is 0 Å². The molecule has 1 N–H and O–H groups in total. The Labute approximate surface area is 106 Å². The van der Waals surface area contributed by atoms with Crippen LogP contribution < -0.4 is 5.32 Å². The second-order valence-corrected chi connectivity index (χ2v) is 4.09. The van der Waals surface area contributed by atoms with Gasteiger partial charge in [0.2, 0.25) is 5.91 Å². The van der Waals surface area contributed by atoms with Gasteiger partial charge < -0.3 is 15.1 Å². The Hall–Kier alpha value is -0.610. The molecule has 0 saturated heterocycles. The van der Waals surface area contributed by atoms with Gasteiger partial charge in [-0.3, -0.25) is 4.79 Å². The van der Waals surface area contributed by atoms with Gasteiger partial charge in [0, 0.05) is 39.1 Å². The Morgan fingerprint density at radius 1 is 0.941 bits per heavy atom. The molecule has 0 unspecified atom stereocenters. The van der Waals surface area contributed by atoms with Crippen molar-refractivity contribution in [1.82, 2.24) is 15.1 Å². The van der Waals surface area contributed by atoms with Crippen LogP contribution in [0.2, 0.25) is 0 Å². The van der Waals surface area contributed by atoms with E-state index >= 15 is 0 Å². The molecule has 102 valence electrons. The fraction of sp³-hybridized carbons (Fsp3) is 0.923. The van der Waals surface area contributed by atoms with Gasteiger partial charge in [0.05, 0.1) is 0 Å². The maximum atomic E-state index is 11.7. The molecule has 1 amide bonds. The highest BCUT2D eigenvalue weighted by Gasteiger charge is 2.08. The molecule has 0 aromatic heterocycles. The molecule has 0 aromatic carbocycles. The summed E-state index contributed by atoms with van der Waals surface area (Å²) in [6.07, 6.45) is 0.611. The molecule has 4 nitrogen and oxygen atoms in total. The van der Waals surface area contributed by atoms with Crippen molar-refractivity contribution < 1.29 is 4.79 Å². The number of hydrogen-bond acceptors (Lipinski definition) is 3. The monoisotopic (exact) mass is 243 g/mol. The number of rotatable bonds is 10. The summed E-state index contributed by atoms with van der Waals surface area (Å²) < 4.78 is 0. The van der Waals surface area contributed by atoms with Crippen LogP contribution >= 0.6 is 0 Å².